The number of carbonyl (C=O) groups excluding carboxylic acids is 2. The molecule has 2 aromatic carbocycles. The molecule has 2 aromatic rings. The number of hydrogen-bond acceptors (Lipinski definition) is 4. The summed E-state index contributed by atoms with van der Waals surface area (Å²) >= 11 is 0. The molecule has 2 heterocycles. The van der Waals surface area contributed by atoms with Crippen LogP contribution in [-0.2, 0) is 16.0 Å². The number of piperidine rings is 1. The zero-order valence-corrected chi connectivity index (χ0v) is 16.7. The SMILES string of the molecule is O=C(Nc1ccc2c(c1)OCCCO2)C1CCCN(C(=O)Cc2ccc(F)cc2)C1. The molecule has 1 unspecified atom stereocenters. The van der Waals surface area contributed by atoms with Gasteiger partial charge in [-0.15, -0.1) is 0 Å². The molecule has 0 bridgehead atoms. The maximum atomic E-state index is 13.1. The summed E-state index contributed by atoms with van der Waals surface area (Å²) in [6.45, 7) is 2.21. The average molecular weight is 412 g/mol. The molecule has 0 saturated carbocycles. The van der Waals surface area contributed by atoms with Crippen LogP contribution in [0.25, 0.3) is 0 Å². The maximum absolute atomic E-state index is 13.1. The summed E-state index contributed by atoms with van der Waals surface area (Å²) in [5.74, 6) is 0.562. The lowest BCUT2D eigenvalue weighted by molar-refractivity contribution is -0.133. The number of rotatable bonds is 4. The fraction of sp³-hybridized carbons (Fsp3) is 0.391. The van der Waals surface area contributed by atoms with Gasteiger partial charge in [-0.05, 0) is 42.7 Å². The van der Waals surface area contributed by atoms with Crippen molar-refractivity contribution in [2.75, 3.05) is 31.6 Å². The lowest BCUT2D eigenvalue weighted by Gasteiger charge is -2.32. The number of benzene rings is 2. The monoisotopic (exact) mass is 412 g/mol. The molecule has 6 nitrogen and oxygen atoms in total. The van der Waals surface area contributed by atoms with Crippen molar-refractivity contribution < 1.29 is 23.5 Å². The van der Waals surface area contributed by atoms with Crippen LogP contribution in [0.5, 0.6) is 11.5 Å². The van der Waals surface area contributed by atoms with E-state index in [2.05, 4.69) is 5.32 Å². The number of anilines is 1. The summed E-state index contributed by atoms with van der Waals surface area (Å²) < 4.78 is 24.4. The number of fused-ring (bicyclic) bond motifs is 1. The summed E-state index contributed by atoms with van der Waals surface area (Å²) in [7, 11) is 0. The second kappa shape index (κ2) is 9.15. The molecule has 0 aliphatic carbocycles. The van der Waals surface area contributed by atoms with E-state index in [1.807, 2.05) is 0 Å². The quantitative estimate of drug-likeness (QED) is 0.836. The summed E-state index contributed by atoms with van der Waals surface area (Å²) in [5, 5.41) is 2.94. The van der Waals surface area contributed by atoms with Gasteiger partial charge < -0.3 is 19.7 Å². The summed E-state index contributed by atoms with van der Waals surface area (Å²) in [4.78, 5) is 27.2. The lowest BCUT2D eigenvalue weighted by atomic mass is 9.96. The van der Waals surface area contributed by atoms with E-state index in [1.54, 1.807) is 35.2 Å². The zero-order valence-electron chi connectivity index (χ0n) is 16.7. The summed E-state index contributed by atoms with van der Waals surface area (Å²) in [5.41, 5.74) is 1.42. The van der Waals surface area contributed by atoms with Gasteiger partial charge in [-0.3, -0.25) is 9.59 Å². The van der Waals surface area contributed by atoms with Gasteiger partial charge in [0, 0.05) is 31.3 Å². The Balaban J connectivity index is 1.35. The average Bonchev–Trinajstić information content (AvgIpc) is 3.00. The van der Waals surface area contributed by atoms with Gasteiger partial charge in [-0.1, -0.05) is 12.1 Å². The zero-order chi connectivity index (χ0) is 20.9. The van der Waals surface area contributed by atoms with Crippen LogP contribution in [0.1, 0.15) is 24.8 Å². The van der Waals surface area contributed by atoms with Crippen LogP contribution >= 0.6 is 0 Å². The largest absolute Gasteiger partial charge is 0.490 e. The predicted octanol–water partition coefficient (Wildman–Crippen LogP) is 3.41. The molecule has 0 spiro atoms. The molecule has 4 rings (SSSR count). The lowest BCUT2D eigenvalue weighted by Crippen LogP contribution is -2.44. The van der Waals surface area contributed by atoms with Crippen LogP contribution in [0.2, 0.25) is 0 Å². The van der Waals surface area contributed by atoms with Crippen molar-refractivity contribution in [3.8, 4) is 11.5 Å². The molecular weight excluding hydrogens is 387 g/mol. The molecule has 0 aromatic heterocycles. The van der Waals surface area contributed by atoms with Gasteiger partial charge >= 0.3 is 0 Å². The second-order valence-corrected chi connectivity index (χ2v) is 7.68. The van der Waals surface area contributed by atoms with Gasteiger partial charge in [0.25, 0.3) is 0 Å². The van der Waals surface area contributed by atoms with Gasteiger partial charge in [0.15, 0.2) is 11.5 Å². The van der Waals surface area contributed by atoms with Gasteiger partial charge in [0.1, 0.15) is 5.82 Å². The van der Waals surface area contributed by atoms with E-state index >= 15 is 0 Å². The van der Waals surface area contributed by atoms with E-state index in [1.165, 1.54) is 12.1 Å². The molecule has 158 valence electrons. The Hall–Kier alpha value is -3.09. The summed E-state index contributed by atoms with van der Waals surface area (Å²) in [6.07, 6.45) is 2.53. The topological polar surface area (TPSA) is 67.9 Å². The first-order chi connectivity index (χ1) is 14.6. The molecule has 1 fully saturated rings. The van der Waals surface area contributed by atoms with Gasteiger partial charge in [-0.2, -0.15) is 0 Å². The van der Waals surface area contributed by atoms with E-state index < -0.39 is 0 Å². The highest BCUT2D eigenvalue weighted by Crippen LogP contribution is 2.32. The van der Waals surface area contributed by atoms with Gasteiger partial charge in [-0.25, -0.2) is 4.39 Å². The van der Waals surface area contributed by atoms with Crippen LogP contribution in [-0.4, -0.2) is 43.0 Å². The standard InChI is InChI=1S/C23H25FN2O4/c24-18-6-4-16(5-7-18)13-22(27)26-10-1-3-17(15-26)23(28)25-19-8-9-20-21(14-19)30-12-2-11-29-20/h4-9,14,17H,1-3,10-13,15H2,(H,25,28). The number of nitrogens with zero attached hydrogens (tertiary/aromatic N) is 1. The normalized spacial score (nSPS) is 18.4. The minimum absolute atomic E-state index is 0.0466. The second-order valence-electron chi connectivity index (χ2n) is 7.68. The van der Waals surface area contributed by atoms with Crippen molar-refractivity contribution in [1.29, 1.82) is 0 Å². The highest BCUT2D eigenvalue weighted by molar-refractivity contribution is 5.93. The van der Waals surface area contributed by atoms with Crippen molar-refractivity contribution in [2.45, 2.75) is 25.7 Å². The van der Waals surface area contributed by atoms with Crippen molar-refractivity contribution in [3.63, 3.8) is 0 Å². The van der Waals surface area contributed by atoms with E-state index in [-0.39, 0.29) is 30.0 Å². The Bertz CT molecular complexity index is 916. The third kappa shape index (κ3) is 4.90. The Morgan fingerprint density at radius 1 is 1.03 bits per heavy atom. The Morgan fingerprint density at radius 3 is 2.60 bits per heavy atom. The Morgan fingerprint density at radius 2 is 1.80 bits per heavy atom. The molecule has 1 N–H and O–H groups in total. The Kier molecular flexibility index (Phi) is 6.16. The first kappa shape index (κ1) is 20.2. The van der Waals surface area contributed by atoms with Gasteiger partial charge in [0.2, 0.25) is 11.8 Å². The van der Waals surface area contributed by atoms with Crippen molar-refractivity contribution in [1.82, 2.24) is 4.90 Å². The fourth-order valence-electron chi connectivity index (χ4n) is 3.79. The number of likely N-dealkylation sites (tertiary alicyclic amines) is 1. The third-order valence-corrected chi connectivity index (χ3v) is 5.43. The number of amides is 2. The number of carbonyl (C=O) groups is 2. The molecule has 30 heavy (non-hydrogen) atoms. The number of nitrogens with one attached hydrogen (secondary N) is 1. The van der Waals surface area contributed by atoms with E-state index in [0.717, 1.165) is 24.8 Å². The first-order valence-electron chi connectivity index (χ1n) is 10.3. The van der Waals surface area contributed by atoms with Crippen molar-refractivity contribution >= 4 is 17.5 Å². The smallest absolute Gasteiger partial charge is 0.229 e. The van der Waals surface area contributed by atoms with E-state index in [4.69, 9.17) is 9.47 Å². The van der Waals surface area contributed by atoms with Crippen molar-refractivity contribution in [3.05, 3.63) is 53.8 Å². The number of ether oxygens (including phenoxy) is 2. The minimum atomic E-state index is -0.323. The highest BCUT2D eigenvalue weighted by Gasteiger charge is 2.28. The van der Waals surface area contributed by atoms with Crippen LogP contribution < -0.4 is 14.8 Å². The number of halogens is 1. The molecular formula is C23H25FN2O4. The van der Waals surface area contributed by atoms with E-state index in [9.17, 15) is 14.0 Å². The number of hydrogen-bond donors (Lipinski definition) is 1. The molecule has 1 atom stereocenters. The third-order valence-electron chi connectivity index (χ3n) is 5.43. The Labute approximate surface area is 175 Å². The van der Waals surface area contributed by atoms with Gasteiger partial charge in [0.05, 0.1) is 25.6 Å². The molecule has 7 heteroatoms. The van der Waals surface area contributed by atoms with Crippen LogP contribution in [0, 0.1) is 11.7 Å². The highest BCUT2D eigenvalue weighted by atomic mass is 19.1. The molecule has 2 amide bonds. The molecule has 2 aliphatic heterocycles. The van der Waals surface area contributed by atoms with Crippen LogP contribution in [0.4, 0.5) is 10.1 Å². The molecule has 1 saturated heterocycles. The molecule has 0 radical (unpaired) electrons. The first-order valence-corrected chi connectivity index (χ1v) is 10.3. The predicted molar refractivity (Wildman–Crippen MR) is 110 cm³/mol. The maximum Gasteiger partial charge on any atom is 0.229 e. The molecule has 2 aliphatic rings. The fourth-order valence-corrected chi connectivity index (χ4v) is 3.79. The van der Waals surface area contributed by atoms with Crippen molar-refractivity contribution in [2.24, 2.45) is 5.92 Å². The minimum Gasteiger partial charge on any atom is -0.490 e. The van der Waals surface area contributed by atoms with Crippen LogP contribution in [0.15, 0.2) is 42.5 Å². The summed E-state index contributed by atoms with van der Waals surface area (Å²) in [6, 6.07) is 11.3. The van der Waals surface area contributed by atoms with Crippen LogP contribution in [0.3, 0.4) is 0 Å². The van der Waals surface area contributed by atoms with E-state index in [0.29, 0.717) is 43.5 Å².